The topological polar surface area (TPSA) is 49.9 Å². The second-order valence-electron chi connectivity index (χ2n) is 6.56. The molecule has 0 N–H and O–H groups in total. The van der Waals surface area contributed by atoms with Crippen molar-refractivity contribution in [3.8, 4) is 5.75 Å². The summed E-state index contributed by atoms with van der Waals surface area (Å²) in [7, 11) is 1.54. The molecular weight excluding hydrogens is 364 g/mol. The predicted octanol–water partition coefficient (Wildman–Crippen LogP) is 3.75. The van der Waals surface area contributed by atoms with Crippen LogP contribution in [0.1, 0.15) is 18.9 Å². The summed E-state index contributed by atoms with van der Waals surface area (Å²) >= 11 is 6.18. The maximum Gasteiger partial charge on any atom is 0.228 e. The molecule has 0 bridgehead atoms. The Morgan fingerprint density at radius 1 is 1.26 bits per heavy atom. The Hall–Kier alpha value is -2.53. The van der Waals surface area contributed by atoms with Gasteiger partial charge in [-0.3, -0.25) is 9.59 Å². The zero-order chi connectivity index (χ0) is 19.4. The molecule has 142 valence electrons. The van der Waals surface area contributed by atoms with Gasteiger partial charge in [0.15, 0.2) is 0 Å². The van der Waals surface area contributed by atoms with E-state index in [9.17, 15) is 9.59 Å². The third kappa shape index (κ3) is 4.25. The third-order valence-electron chi connectivity index (χ3n) is 4.83. The van der Waals surface area contributed by atoms with Crippen LogP contribution >= 0.6 is 11.6 Å². The molecule has 6 heteroatoms. The van der Waals surface area contributed by atoms with Crippen LogP contribution in [-0.2, 0) is 16.1 Å². The number of hydrogen-bond donors (Lipinski definition) is 0. The van der Waals surface area contributed by atoms with Crippen LogP contribution in [0.4, 0.5) is 5.69 Å². The highest BCUT2D eigenvalue weighted by Gasteiger charge is 2.37. The van der Waals surface area contributed by atoms with E-state index < -0.39 is 0 Å². The fourth-order valence-electron chi connectivity index (χ4n) is 3.35. The first kappa shape index (κ1) is 19.2. The number of rotatable bonds is 6. The van der Waals surface area contributed by atoms with E-state index in [0.717, 1.165) is 5.56 Å². The van der Waals surface area contributed by atoms with E-state index in [1.165, 1.54) is 0 Å². The van der Waals surface area contributed by atoms with Crippen molar-refractivity contribution in [3.63, 3.8) is 0 Å². The summed E-state index contributed by atoms with van der Waals surface area (Å²) in [5.41, 5.74) is 1.77. The van der Waals surface area contributed by atoms with Crippen LogP contribution in [-0.4, -0.2) is 36.9 Å². The summed E-state index contributed by atoms with van der Waals surface area (Å²) in [6.45, 7) is 3.48. The summed E-state index contributed by atoms with van der Waals surface area (Å²) in [5.74, 6) is 0.156. The molecule has 0 saturated carbocycles. The van der Waals surface area contributed by atoms with Crippen molar-refractivity contribution >= 4 is 29.1 Å². The SMILES string of the molecule is CCN(Cc1ccccc1)C(=O)C1CC(=O)N(c2ccc(OC)c(Cl)c2)C1. The standard InChI is InChI=1S/C21H23ClN2O3/c1-3-23(13-15-7-5-4-6-8-15)21(26)16-11-20(25)24(14-16)17-9-10-19(27-2)18(22)12-17/h4-10,12,16H,3,11,13-14H2,1-2H3. The van der Waals surface area contributed by atoms with Gasteiger partial charge in [0.2, 0.25) is 11.8 Å². The zero-order valence-electron chi connectivity index (χ0n) is 15.5. The molecule has 0 radical (unpaired) electrons. The lowest BCUT2D eigenvalue weighted by molar-refractivity contribution is -0.136. The third-order valence-corrected chi connectivity index (χ3v) is 5.13. The van der Waals surface area contributed by atoms with Crippen LogP contribution < -0.4 is 9.64 Å². The molecule has 2 aromatic rings. The monoisotopic (exact) mass is 386 g/mol. The molecule has 0 spiro atoms. The van der Waals surface area contributed by atoms with Crippen LogP contribution in [0.25, 0.3) is 0 Å². The number of amides is 2. The minimum absolute atomic E-state index is 0.0109. The normalized spacial score (nSPS) is 16.5. The Morgan fingerprint density at radius 2 is 2.00 bits per heavy atom. The molecule has 0 aliphatic carbocycles. The molecule has 1 atom stereocenters. The molecular formula is C21H23ClN2O3. The molecule has 27 heavy (non-hydrogen) atoms. The van der Waals surface area contributed by atoms with Gasteiger partial charge in [-0.15, -0.1) is 0 Å². The number of halogens is 1. The van der Waals surface area contributed by atoms with Crippen molar-refractivity contribution in [2.24, 2.45) is 5.92 Å². The maximum atomic E-state index is 13.0. The lowest BCUT2D eigenvalue weighted by Crippen LogP contribution is -2.37. The summed E-state index contributed by atoms with van der Waals surface area (Å²) < 4.78 is 5.16. The quantitative estimate of drug-likeness (QED) is 0.759. The highest BCUT2D eigenvalue weighted by molar-refractivity contribution is 6.32. The minimum Gasteiger partial charge on any atom is -0.495 e. The van der Waals surface area contributed by atoms with Crippen LogP contribution in [0.15, 0.2) is 48.5 Å². The second kappa shape index (κ2) is 8.44. The van der Waals surface area contributed by atoms with Crippen LogP contribution in [0, 0.1) is 5.92 Å². The average molecular weight is 387 g/mol. The van der Waals surface area contributed by atoms with Crippen molar-refractivity contribution in [1.82, 2.24) is 4.90 Å². The van der Waals surface area contributed by atoms with Crippen molar-refractivity contribution < 1.29 is 14.3 Å². The van der Waals surface area contributed by atoms with E-state index in [0.29, 0.717) is 36.1 Å². The fourth-order valence-corrected chi connectivity index (χ4v) is 3.61. The maximum absolute atomic E-state index is 13.0. The first-order valence-corrected chi connectivity index (χ1v) is 9.38. The molecule has 1 aliphatic rings. The number of hydrogen-bond acceptors (Lipinski definition) is 3. The smallest absolute Gasteiger partial charge is 0.228 e. The van der Waals surface area contributed by atoms with Gasteiger partial charge in [0.05, 0.1) is 18.1 Å². The van der Waals surface area contributed by atoms with Gasteiger partial charge in [-0.25, -0.2) is 0 Å². The largest absolute Gasteiger partial charge is 0.495 e. The van der Waals surface area contributed by atoms with E-state index in [4.69, 9.17) is 16.3 Å². The van der Waals surface area contributed by atoms with Gasteiger partial charge in [-0.2, -0.15) is 0 Å². The highest BCUT2D eigenvalue weighted by Crippen LogP contribution is 2.32. The van der Waals surface area contributed by atoms with Gasteiger partial charge < -0.3 is 14.5 Å². The molecule has 1 saturated heterocycles. The molecule has 1 aliphatic heterocycles. The molecule has 5 nitrogen and oxygen atoms in total. The molecule has 2 aromatic carbocycles. The molecule has 0 aromatic heterocycles. The molecule has 1 heterocycles. The van der Waals surface area contributed by atoms with Gasteiger partial charge in [0, 0.05) is 31.7 Å². The molecule has 3 rings (SSSR count). The van der Waals surface area contributed by atoms with E-state index in [-0.39, 0.29) is 24.2 Å². The minimum atomic E-state index is -0.345. The number of carbonyl (C=O) groups is 2. The van der Waals surface area contributed by atoms with Crippen molar-refractivity contribution in [2.75, 3.05) is 25.1 Å². The highest BCUT2D eigenvalue weighted by atomic mass is 35.5. The van der Waals surface area contributed by atoms with Crippen LogP contribution in [0.2, 0.25) is 5.02 Å². The first-order valence-electron chi connectivity index (χ1n) is 9.00. The van der Waals surface area contributed by atoms with Gasteiger partial charge in [-0.1, -0.05) is 41.9 Å². The van der Waals surface area contributed by atoms with Crippen molar-refractivity contribution in [2.45, 2.75) is 19.9 Å². The average Bonchev–Trinajstić information content (AvgIpc) is 3.08. The number of carbonyl (C=O) groups excluding carboxylic acids is 2. The van der Waals surface area contributed by atoms with E-state index in [1.54, 1.807) is 35.1 Å². The van der Waals surface area contributed by atoms with Gasteiger partial charge in [-0.05, 0) is 30.7 Å². The fraction of sp³-hybridized carbons (Fsp3) is 0.333. The number of anilines is 1. The summed E-state index contributed by atoms with van der Waals surface area (Å²) in [6, 6.07) is 15.1. The van der Waals surface area contributed by atoms with Gasteiger partial charge in [0.1, 0.15) is 5.75 Å². The predicted molar refractivity (Wildman–Crippen MR) is 106 cm³/mol. The van der Waals surface area contributed by atoms with Crippen LogP contribution in [0.5, 0.6) is 5.75 Å². The van der Waals surface area contributed by atoms with Crippen LogP contribution in [0.3, 0.4) is 0 Å². The number of ether oxygens (including phenoxy) is 1. The molecule has 1 unspecified atom stereocenters. The molecule has 2 amide bonds. The van der Waals surface area contributed by atoms with Crippen molar-refractivity contribution in [3.05, 3.63) is 59.1 Å². The zero-order valence-corrected chi connectivity index (χ0v) is 16.3. The summed E-state index contributed by atoms with van der Waals surface area (Å²) in [4.78, 5) is 28.9. The second-order valence-corrected chi connectivity index (χ2v) is 6.97. The Balaban J connectivity index is 1.72. The van der Waals surface area contributed by atoms with E-state index in [2.05, 4.69) is 0 Å². The van der Waals surface area contributed by atoms with Gasteiger partial charge >= 0.3 is 0 Å². The van der Waals surface area contributed by atoms with Gasteiger partial charge in [0.25, 0.3) is 0 Å². The Morgan fingerprint density at radius 3 is 2.63 bits per heavy atom. The van der Waals surface area contributed by atoms with E-state index in [1.807, 2.05) is 37.3 Å². The summed E-state index contributed by atoms with van der Waals surface area (Å²) in [5, 5.41) is 0.442. The lowest BCUT2D eigenvalue weighted by Gasteiger charge is -2.24. The van der Waals surface area contributed by atoms with E-state index >= 15 is 0 Å². The Kier molecular flexibility index (Phi) is 6.01. The lowest BCUT2D eigenvalue weighted by atomic mass is 10.1. The number of nitrogens with zero attached hydrogens (tertiary/aromatic N) is 2. The Bertz CT molecular complexity index is 825. The van der Waals surface area contributed by atoms with Crippen molar-refractivity contribution in [1.29, 1.82) is 0 Å². The number of benzene rings is 2. The Labute approximate surface area is 164 Å². The first-order chi connectivity index (χ1) is 13.0. The molecule has 1 fully saturated rings. The summed E-state index contributed by atoms with van der Waals surface area (Å²) in [6.07, 6.45) is 0.216. The number of methoxy groups -OCH3 is 1.